The third-order valence-electron chi connectivity index (χ3n) is 1.90. The first-order valence-electron chi connectivity index (χ1n) is 4.38. The number of rotatable bonds is 4. The molecule has 0 bridgehead atoms. The molecule has 1 atom stereocenters. The summed E-state index contributed by atoms with van der Waals surface area (Å²) in [6.45, 7) is 1.84. The van der Waals surface area contributed by atoms with Gasteiger partial charge in [0, 0.05) is 11.3 Å². The van der Waals surface area contributed by atoms with Crippen LogP contribution in [-0.4, -0.2) is 0 Å². The van der Waals surface area contributed by atoms with E-state index in [1.54, 1.807) is 11.3 Å². The third-order valence-corrected chi connectivity index (χ3v) is 3.37. The lowest BCUT2D eigenvalue weighted by atomic mass is 10.1. The summed E-state index contributed by atoms with van der Waals surface area (Å²) in [6.07, 6.45) is 1.72. The smallest absolute Gasteiger partial charge is 0.0577 e. The van der Waals surface area contributed by atoms with E-state index in [9.17, 15) is 0 Å². The van der Waals surface area contributed by atoms with E-state index in [-0.39, 0.29) is 6.04 Å². The molecular weight excluding hydrogens is 216 g/mol. The Morgan fingerprint density at radius 3 is 3.00 bits per heavy atom. The van der Waals surface area contributed by atoms with Gasteiger partial charge in [-0.25, -0.2) is 0 Å². The minimum absolute atomic E-state index is 0.114. The highest BCUT2D eigenvalue weighted by molar-refractivity contribution is 7.10. The van der Waals surface area contributed by atoms with Crippen molar-refractivity contribution in [3.63, 3.8) is 0 Å². The van der Waals surface area contributed by atoms with Crippen LogP contribution in [0.1, 0.15) is 30.7 Å². The third kappa shape index (κ3) is 3.00. The molecule has 1 unspecified atom stereocenters. The van der Waals surface area contributed by atoms with Crippen molar-refractivity contribution in [2.45, 2.75) is 25.8 Å². The Balaban J connectivity index is 2.61. The summed E-state index contributed by atoms with van der Waals surface area (Å²) in [4.78, 5) is 1.09. The standard InChI is InChI=1S/C10H13ClN2S/c1-2-3-4-5-9(13-12)10-8(11)6-7-14-10/h6-7,9,13H,4-5,12H2,1H3. The predicted octanol–water partition coefficient (Wildman–Crippen LogP) is 2.71. The lowest BCUT2D eigenvalue weighted by Gasteiger charge is -2.12. The van der Waals surface area contributed by atoms with Gasteiger partial charge in [0.1, 0.15) is 0 Å². The molecule has 1 aromatic rings. The summed E-state index contributed by atoms with van der Waals surface area (Å²) in [7, 11) is 0. The zero-order chi connectivity index (χ0) is 10.4. The van der Waals surface area contributed by atoms with Gasteiger partial charge in [0.05, 0.1) is 11.1 Å². The van der Waals surface area contributed by atoms with Gasteiger partial charge in [-0.1, -0.05) is 11.6 Å². The Kier molecular flexibility index (Phi) is 4.99. The SMILES string of the molecule is CC#CCCC(NN)c1sccc1Cl. The molecule has 76 valence electrons. The second-order valence-corrected chi connectivity index (χ2v) is 4.17. The highest BCUT2D eigenvalue weighted by Crippen LogP contribution is 2.30. The molecule has 1 aromatic heterocycles. The Morgan fingerprint density at radius 1 is 1.71 bits per heavy atom. The molecule has 1 heterocycles. The zero-order valence-corrected chi connectivity index (χ0v) is 9.58. The van der Waals surface area contributed by atoms with E-state index in [1.807, 2.05) is 18.4 Å². The van der Waals surface area contributed by atoms with E-state index in [0.717, 1.165) is 22.7 Å². The molecule has 14 heavy (non-hydrogen) atoms. The molecule has 3 N–H and O–H groups in total. The van der Waals surface area contributed by atoms with Crippen molar-refractivity contribution in [2.75, 3.05) is 0 Å². The predicted molar refractivity (Wildman–Crippen MR) is 62.1 cm³/mol. The molecule has 4 heteroatoms. The van der Waals surface area contributed by atoms with Crippen LogP contribution in [0.2, 0.25) is 5.02 Å². The van der Waals surface area contributed by atoms with Gasteiger partial charge in [0.25, 0.3) is 0 Å². The van der Waals surface area contributed by atoms with Crippen LogP contribution in [0.15, 0.2) is 11.4 Å². The molecule has 1 rings (SSSR count). The van der Waals surface area contributed by atoms with E-state index in [0.29, 0.717) is 0 Å². The Hall–Kier alpha value is -0.530. The van der Waals surface area contributed by atoms with Crippen LogP contribution in [0, 0.1) is 11.8 Å². The maximum absolute atomic E-state index is 6.00. The van der Waals surface area contributed by atoms with Gasteiger partial charge < -0.3 is 0 Å². The fraction of sp³-hybridized carbons (Fsp3) is 0.400. The van der Waals surface area contributed by atoms with Gasteiger partial charge in [-0.2, -0.15) is 0 Å². The molecule has 0 saturated carbocycles. The van der Waals surface area contributed by atoms with E-state index in [1.165, 1.54) is 0 Å². The summed E-state index contributed by atoms with van der Waals surface area (Å²) in [5, 5.41) is 2.75. The van der Waals surface area contributed by atoms with Crippen molar-refractivity contribution in [1.29, 1.82) is 0 Å². The molecule has 0 amide bonds. The quantitative estimate of drug-likeness (QED) is 0.473. The van der Waals surface area contributed by atoms with Crippen LogP contribution >= 0.6 is 22.9 Å². The Labute approximate surface area is 93.4 Å². The number of halogens is 1. The number of nitrogens with two attached hydrogens (primary N) is 1. The van der Waals surface area contributed by atoms with E-state index in [2.05, 4.69) is 17.3 Å². The average Bonchev–Trinajstić information content (AvgIpc) is 2.60. The van der Waals surface area contributed by atoms with Crippen LogP contribution in [0.5, 0.6) is 0 Å². The van der Waals surface area contributed by atoms with Gasteiger partial charge in [-0.15, -0.1) is 23.2 Å². The van der Waals surface area contributed by atoms with Crippen LogP contribution < -0.4 is 11.3 Å². The van der Waals surface area contributed by atoms with Crippen molar-refractivity contribution in [2.24, 2.45) is 5.84 Å². The molecule has 2 nitrogen and oxygen atoms in total. The van der Waals surface area contributed by atoms with Gasteiger partial charge in [-0.3, -0.25) is 11.3 Å². The summed E-state index contributed by atoms with van der Waals surface area (Å²) in [5.41, 5.74) is 2.76. The van der Waals surface area contributed by atoms with E-state index in [4.69, 9.17) is 17.4 Å². The van der Waals surface area contributed by atoms with Crippen molar-refractivity contribution in [3.8, 4) is 11.8 Å². The number of hydrogen-bond acceptors (Lipinski definition) is 3. The summed E-state index contributed by atoms with van der Waals surface area (Å²) < 4.78 is 0. The fourth-order valence-corrected chi connectivity index (χ4v) is 2.47. The number of nitrogens with one attached hydrogen (secondary N) is 1. The lowest BCUT2D eigenvalue weighted by Crippen LogP contribution is -2.27. The van der Waals surface area contributed by atoms with Gasteiger partial charge in [0.2, 0.25) is 0 Å². The van der Waals surface area contributed by atoms with Crippen molar-refractivity contribution in [1.82, 2.24) is 5.43 Å². The second-order valence-electron chi connectivity index (χ2n) is 2.82. The zero-order valence-electron chi connectivity index (χ0n) is 8.01. The van der Waals surface area contributed by atoms with Crippen molar-refractivity contribution < 1.29 is 0 Å². The molecule has 0 aliphatic heterocycles. The molecule has 0 saturated heterocycles. The van der Waals surface area contributed by atoms with Crippen LogP contribution in [-0.2, 0) is 0 Å². The summed E-state index contributed by atoms with van der Waals surface area (Å²) in [5.74, 6) is 11.3. The largest absolute Gasteiger partial charge is 0.271 e. The first-order valence-corrected chi connectivity index (χ1v) is 5.64. The average molecular weight is 229 g/mol. The van der Waals surface area contributed by atoms with Gasteiger partial charge in [0.15, 0.2) is 0 Å². The minimum Gasteiger partial charge on any atom is -0.271 e. The van der Waals surface area contributed by atoms with Crippen molar-refractivity contribution >= 4 is 22.9 Å². The Morgan fingerprint density at radius 2 is 2.50 bits per heavy atom. The lowest BCUT2D eigenvalue weighted by molar-refractivity contribution is 0.532. The first kappa shape index (κ1) is 11.5. The molecule has 0 radical (unpaired) electrons. The molecule has 0 spiro atoms. The number of hydrogen-bond donors (Lipinski definition) is 2. The molecule has 0 aliphatic carbocycles. The van der Waals surface area contributed by atoms with Crippen LogP contribution in [0.3, 0.4) is 0 Å². The van der Waals surface area contributed by atoms with Crippen LogP contribution in [0.4, 0.5) is 0 Å². The molecule has 0 fully saturated rings. The van der Waals surface area contributed by atoms with Gasteiger partial charge >= 0.3 is 0 Å². The fourth-order valence-electron chi connectivity index (χ4n) is 1.19. The normalized spacial score (nSPS) is 11.9. The highest BCUT2D eigenvalue weighted by atomic mass is 35.5. The number of hydrazine groups is 1. The molecule has 0 aliphatic rings. The molecular formula is C10H13ClN2S. The van der Waals surface area contributed by atoms with Gasteiger partial charge in [-0.05, 0) is 24.8 Å². The van der Waals surface area contributed by atoms with E-state index < -0.39 is 0 Å². The topological polar surface area (TPSA) is 38.0 Å². The highest BCUT2D eigenvalue weighted by Gasteiger charge is 2.13. The minimum atomic E-state index is 0.114. The van der Waals surface area contributed by atoms with E-state index >= 15 is 0 Å². The monoisotopic (exact) mass is 228 g/mol. The molecule has 0 aromatic carbocycles. The summed E-state index contributed by atoms with van der Waals surface area (Å²) in [6, 6.07) is 2.00. The first-order chi connectivity index (χ1) is 6.79. The maximum atomic E-state index is 6.00. The number of thiophene rings is 1. The maximum Gasteiger partial charge on any atom is 0.0577 e. The van der Waals surface area contributed by atoms with Crippen molar-refractivity contribution in [3.05, 3.63) is 21.3 Å². The summed E-state index contributed by atoms with van der Waals surface area (Å²) >= 11 is 7.62. The second kappa shape index (κ2) is 6.05. The van der Waals surface area contributed by atoms with Crippen LogP contribution in [0.25, 0.3) is 0 Å². The Bertz CT molecular complexity index is 337.